The van der Waals surface area contributed by atoms with Crippen molar-refractivity contribution in [2.24, 2.45) is 4.99 Å². The van der Waals surface area contributed by atoms with E-state index in [0.717, 1.165) is 33.5 Å². The molecule has 0 amide bonds. The van der Waals surface area contributed by atoms with E-state index < -0.39 is 0 Å². The van der Waals surface area contributed by atoms with E-state index in [-0.39, 0.29) is 5.75 Å². The van der Waals surface area contributed by atoms with Crippen LogP contribution in [0.2, 0.25) is 0 Å². The van der Waals surface area contributed by atoms with Gasteiger partial charge >= 0.3 is 0 Å². The molecule has 0 aliphatic rings. The minimum Gasteiger partial charge on any atom is -0.504 e. The largest absolute Gasteiger partial charge is 0.504 e. The van der Waals surface area contributed by atoms with Gasteiger partial charge in [0.2, 0.25) is 0 Å². The molecule has 0 aliphatic carbocycles. The van der Waals surface area contributed by atoms with Gasteiger partial charge in [0.1, 0.15) is 0 Å². The van der Waals surface area contributed by atoms with Crippen molar-refractivity contribution < 1.29 is 9.84 Å². The van der Waals surface area contributed by atoms with Gasteiger partial charge in [0, 0.05) is 11.8 Å². The van der Waals surface area contributed by atoms with E-state index in [1.807, 2.05) is 36.4 Å². The van der Waals surface area contributed by atoms with Crippen LogP contribution in [0.4, 0.5) is 5.69 Å². The monoisotopic (exact) mass is 481 g/mol. The summed E-state index contributed by atoms with van der Waals surface area (Å²) in [5.74, 6) is 0.501. The van der Waals surface area contributed by atoms with Gasteiger partial charge in [-0.25, -0.2) is 0 Å². The average molecular weight is 482 g/mol. The minimum atomic E-state index is 0.0787. The van der Waals surface area contributed by atoms with Gasteiger partial charge in [-0.15, -0.1) is 0 Å². The molecule has 0 radical (unpaired) electrons. The molecule has 0 bridgehead atoms. The Hall–Kier alpha value is -4.89. The molecule has 1 N–H and O–H groups in total. The molecule has 5 aromatic carbocycles. The lowest BCUT2D eigenvalue weighted by Gasteiger charge is -2.18. The van der Waals surface area contributed by atoms with E-state index in [1.54, 1.807) is 18.3 Å². The molecule has 0 saturated heterocycles. The zero-order chi connectivity index (χ0) is 25.5. The van der Waals surface area contributed by atoms with Gasteiger partial charge in [-0.2, -0.15) is 0 Å². The summed E-state index contributed by atoms with van der Waals surface area (Å²) in [6, 6.07) is 45.1. The molecular weight excluding hydrogens is 454 g/mol. The molecule has 5 aromatic rings. The van der Waals surface area contributed by atoms with Crippen molar-refractivity contribution in [3.63, 3.8) is 0 Å². The predicted octanol–water partition coefficient (Wildman–Crippen LogP) is 8.16. The summed E-state index contributed by atoms with van der Waals surface area (Å²) in [4.78, 5) is 4.59. The third kappa shape index (κ3) is 5.36. The normalized spacial score (nSPS) is 10.8. The van der Waals surface area contributed by atoms with Crippen molar-refractivity contribution in [1.29, 1.82) is 0 Å². The first-order chi connectivity index (χ1) is 18.2. The fourth-order valence-electron chi connectivity index (χ4n) is 4.39. The molecule has 0 saturated carbocycles. The van der Waals surface area contributed by atoms with Crippen molar-refractivity contribution in [3.05, 3.63) is 161 Å². The van der Waals surface area contributed by atoms with Crippen LogP contribution in [0.15, 0.2) is 138 Å². The predicted molar refractivity (Wildman–Crippen MR) is 153 cm³/mol. The maximum Gasteiger partial charge on any atom is 0.166 e. The Morgan fingerprint density at radius 3 is 1.49 bits per heavy atom. The maximum atomic E-state index is 10.4. The number of hydrogen-bond acceptors (Lipinski definition) is 3. The highest BCUT2D eigenvalue weighted by Gasteiger charge is 2.16. The van der Waals surface area contributed by atoms with Gasteiger partial charge in [0.05, 0.1) is 12.8 Å². The quantitative estimate of drug-likeness (QED) is 0.188. The van der Waals surface area contributed by atoms with Crippen LogP contribution in [-0.2, 0) is 0 Å². The lowest BCUT2D eigenvalue weighted by Crippen LogP contribution is -1.97. The molecule has 0 heterocycles. The van der Waals surface area contributed by atoms with Crippen LogP contribution in [0, 0.1) is 0 Å². The van der Waals surface area contributed by atoms with Crippen LogP contribution in [0.25, 0.3) is 11.1 Å². The molecule has 3 heteroatoms. The molecule has 0 atom stereocenters. The van der Waals surface area contributed by atoms with Crippen LogP contribution in [0.5, 0.6) is 11.5 Å². The molecule has 0 aliphatic heterocycles. The van der Waals surface area contributed by atoms with Gasteiger partial charge in [0.25, 0.3) is 0 Å². The summed E-state index contributed by atoms with van der Waals surface area (Å²) in [6.07, 6.45) is 1.65. The highest BCUT2D eigenvalue weighted by atomic mass is 16.5. The highest BCUT2D eigenvalue weighted by molar-refractivity contribution is 6.04. The van der Waals surface area contributed by atoms with Gasteiger partial charge in [-0.3, -0.25) is 4.99 Å². The fourth-order valence-corrected chi connectivity index (χ4v) is 4.39. The Morgan fingerprint density at radius 1 is 0.568 bits per heavy atom. The van der Waals surface area contributed by atoms with Gasteiger partial charge in [0.15, 0.2) is 11.5 Å². The number of phenols is 1. The third-order valence-electron chi connectivity index (χ3n) is 6.20. The van der Waals surface area contributed by atoms with E-state index in [4.69, 9.17) is 4.74 Å². The summed E-state index contributed by atoms with van der Waals surface area (Å²) in [5, 5.41) is 10.4. The Labute approximate surface area is 217 Å². The lowest BCUT2D eigenvalue weighted by molar-refractivity contribution is 0.373. The molecule has 0 spiro atoms. The smallest absolute Gasteiger partial charge is 0.166 e. The Morgan fingerprint density at radius 2 is 1.03 bits per heavy atom. The van der Waals surface area contributed by atoms with E-state index >= 15 is 0 Å². The number of phenolic OH excluding ortho intramolecular Hbond substituents is 1. The number of hydrogen-bond donors (Lipinski definition) is 1. The second kappa shape index (κ2) is 11.2. The van der Waals surface area contributed by atoms with Crippen LogP contribution in [-0.4, -0.2) is 18.4 Å². The van der Waals surface area contributed by atoms with E-state index in [2.05, 4.69) is 89.9 Å². The second-order valence-electron chi connectivity index (χ2n) is 8.55. The summed E-state index contributed by atoms with van der Waals surface area (Å²) >= 11 is 0. The number of para-hydroxylation sites is 1. The van der Waals surface area contributed by atoms with E-state index in [9.17, 15) is 5.11 Å². The van der Waals surface area contributed by atoms with Crippen molar-refractivity contribution in [2.75, 3.05) is 7.11 Å². The minimum absolute atomic E-state index is 0.0787. The molecule has 5 rings (SSSR count). The molecule has 0 unspecified atom stereocenters. The second-order valence-corrected chi connectivity index (χ2v) is 8.55. The summed E-state index contributed by atoms with van der Waals surface area (Å²) in [6.45, 7) is 0. The number of benzene rings is 5. The number of rotatable bonds is 7. The molecule has 37 heavy (non-hydrogen) atoms. The number of methoxy groups -OCH3 is 1. The van der Waals surface area contributed by atoms with Crippen LogP contribution in [0.3, 0.4) is 0 Å². The average Bonchev–Trinajstić information content (AvgIpc) is 2.97. The van der Waals surface area contributed by atoms with Crippen molar-refractivity contribution >= 4 is 23.0 Å². The number of aromatic hydroxyl groups is 1. The fraction of sp³-hybridized carbons (Fsp3) is 0.0294. The van der Waals surface area contributed by atoms with Gasteiger partial charge in [-0.05, 0) is 57.7 Å². The van der Waals surface area contributed by atoms with Crippen molar-refractivity contribution in [2.45, 2.75) is 0 Å². The van der Waals surface area contributed by atoms with Crippen LogP contribution < -0.4 is 4.74 Å². The zero-order valence-corrected chi connectivity index (χ0v) is 20.6. The lowest BCUT2D eigenvalue weighted by atomic mass is 9.86. The topological polar surface area (TPSA) is 41.8 Å². The van der Waals surface area contributed by atoms with Crippen LogP contribution >= 0.6 is 0 Å². The van der Waals surface area contributed by atoms with Crippen molar-refractivity contribution in [1.82, 2.24) is 0 Å². The first-order valence-corrected chi connectivity index (χ1v) is 12.2. The third-order valence-corrected chi connectivity index (χ3v) is 6.20. The highest BCUT2D eigenvalue weighted by Crippen LogP contribution is 2.37. The van der Waals surface area contributed by atoms with Gasteiger partial charge in [-0.1, -0.05) is 109 Å². The maximum absolute atomic E-state index is 10.4. The number of aliphatic imine (C=N–C) groups is 1. The van der Waals surface area contributed by atoms with Crippen LogP contribution in [0.1, 0.15) is 27.8 Å². The first kappa shape index (κ1) is 23.8. The van der Waals surface area contributed by atoms with Gasteiger partial charge < -0.3 is 9.84 Å². The summed E-state index contributed by atoms with van der Waals surface area (Å²) < 4.78 is 5.20. The SMILES string of the molecule is COc1cccc(C=Nc2ccc(C(=C(c3ccccc3)c3ccccc3)c3ccccc3)cc2)c1O. The first-order valence-electron chi connectivity index (χ1n) is 12.2. The zero-order valence-electron chi connectivity index (χ0n) is 20.6. The Kier molecular flexibility index (Phi) is 7.24. The number of nitrogens with zero attached hydrogens (tertiary/aromatic N) is 1. The summed E-state index contributed by atoms with van der Waals surface area (Å²) in [7, 11) is 1.53. The van der Waals surface area contributed by atoms with E-state index in [1.165, 1.54) is 12.7 Å². The van der Waals surface area contributed by atoms with Crippen molar-refractivity contribution in [3.8, 4) is 11.5 Å². The molecular formula is C34H27NO2. The standard InChI is InChI=1S/C34H27NO2/c1-37-31-19-11-18-29(34(31)36)24-35-30-22-20-28(21-23-30)33(27-16-9-4-10-17-27)32(25-12-5-2-6-13-25)26-14-7-3-8-15-26/h2-24,36H,1H3. The van der Waals surface area contributed by atoms with E-state index in [0.29, 0.717) is 11.3 Å². The molecule has 180 valence electrons. The number of ether oxygens (including phenoxy) is 1. The molecule has 0 fully saturated rings. The molecule has 3 nitrogen and oxygen atoms in total. The summed E-state index contributed by atoms with van der Waals surface area (Å²) in [5.41, 5.74) is 8.26. The Bertz CT molecular complexity index is 1480. The Balaban J connectivity index is 1.62. The molecule has 0 aromatic heterocycles.